The average Bonchev–Trinajstić information content (AvgIpc) is 2.93. The molecule has 1 N–H and O–H groups in total. The maximum atomic E-state index is 4.25. The summed E-state index contributed by atoms with van der Waals surface area (Å²) >= 11 is 6.91. The van der Waals surface area contributed by atoms with Crippen LogP contribution in [-0.2, 0) is 6.42 Å². The summed E-state index contributed by atoms with van der Waals surface area (Å²) in [6, 6.07) is 2.05. The van der Waals surface area contributed by atoms with Crippen LogP contribution in [0.4, 0.5) is 0 Å². The van der Waals surface area contributed by atoms with Gasteiger partial charge in [-0.25, -0.2) is 0 Å². The number of thiophene rings is 1. The molecule has 2 rings (SSSR count). The fraction of sp³-hybridized carbons (Fsp3) is 0.455. The van der Waals surface area contributed by atoms with Crippen molar-refractivity contribution in [3.05, 3.63) is 20.9 Å². The lowest BCUT2D eigenvalue weighted by Crippen LogP contribution is -2.14. The number of aromatic nitrogens is 2. The maximum absolute atomic E-state index is 4.25. The fourth-order valence-corrected chi connectivity index (χ4v) is 4.11. The third kappa shape index (κ3) is 3.58. The maximum Gasteiger partial charge on any atom is 0.158 e. The Labute approximate surface area is 117 Å². The third-order valence-corrected chi connectivity index (χ3v) is 5.25. The second-order valence-corrected chi connectivity index (χ2v) is 6.39. The number of hydrogen-bond acceptors (Lipinski definition) is 5. The second-order valence-electron chi connectivity index (χ2n) is 3.56. The number of rotatable bonds is 6. The van der Waals surface area contributed by atoms with Gasteiger partial charge in [-0.1, -0.05) is 18.3 Å². The molecule has 0 saturated carbocycles. The van der Waals surface area contributed by atoms with Gasteiger partial charge in [0.15, 0.2) is 5.01 Å². The summed E-state index contributed by atoms with van der Waals surface area (Å²) in [4.78, 5) is 1.18. The van der Waals surface area contributed by atoms with Crippen molar-refractivity contribution in [2.45, 2.75) is 19.8 Å². The van der Waals surface area contributed by atoms with E-state index in [1.807, 2.05) is 6.07 Å². The number of nitrogens with one attached hydrogen (secondary N) is 1. The Balaban J connectivity index is 1.95. The molecule has 2 aromatic rings. The van der Waals surface area contributed by atoms with Crippen LogP contribution in [0.1, 0.15) is 18.4 Å². The van der Waals surface area contributed by atoms with Gasteiger partial charge in [-0.3, -0.25) is 0 Å². The Morgan fingerprint density at radius 3 is 3.00 bits per heavy atom. The molecule has 0 aliphatic carbocycles. The molecular formula is C11H14BrN3S2. The number of nitrogens with zero attached hydrogens (tertiary/aromatic N) is 2. The standard InChI is InChI=1S/C11H14BrN3S2/c1-2-13-6-3-4-9-14-15-11(17-9)10-8(12)5-7-16-10/h5,7,13H,2-4,6H2,1H3. The smallest absolute Gasteiger partial charge is 0.158 e. The van der Waals surface area contributed by atoms with Gasteiger partial charge in [-0.2, -0.15) is 0 Å². The van der Waals surface area contributed by atoms with Crippen LogP contribution in [0.3, 0.4) is 0 Å². The van der Waals surface area contributed by atoms with E-state index in [-0.39, 0.29) is 0 Å². The van der Waals surface area contributed by atoms with Crippen LogP contribution >= 0.6 is 38.6 Å². The Morgan fingerprint density at radius 1 is 1.41 bits per heavy atom. The minimum absolute atomic E-state index is 1.01. The number of halogens is 1. The molecule has 0 aliphatic rings. The topological polar surface area (TPSA) is 37.8 Å². The summed E-state index contributed by atoms with van der Waals surface area (Å²) in [6.07, 6.45) is 2.13. The minimum Gasteiger partial charge on any atom is -0.317 e. The normalized spacial score (nSPS) is 10.9. The summed E-state index contributed by atoms with van der Waals surface area (Å²) in [6.45, 7) is 4.20. The van der Waals surface area contributed by atoms with E-state index in [0.717, 1.165) is 40.4 Å². The van der Waals surface area contributed by atoms with Gasteiger partial charge in [0.1, 0.15) is 5.01 Å². The van der Waals surface area contributed by atoms with E-state index >= 15 is 0 Å². The van der Waals surface area contributed by atoms with Gasteiger partial charge >= 0.3 is 0 Å². The Morgan fingerprint density at radius 2 is 2.29 bits per heavy atom. The van der Waals surface area contributed by atoms with Crippen LogP contribution < -0.4 is 5.32 Å². The van der Waals surface area contributed by atoms with Gasteiger partial charge in [0, 0.05) is 10.9 Å². The lowest BCUT2D eigenvalue weighted by atomic mass is 10.3. The molecule has 2 heterocycles. The van der Waals surface area contributed by atoms with E-state index in [0.29, 0.717) is 0 Å². The molecule has 0 aliphatic heterocycles. The highest BCUT2D eigenvalue weighted by atomic mass is 79.9. The first-order valence-electron chi connectivity index (χ1n) is 5.57. The molecule has 0 unspecified atom stereocenters. The highest BCUT2D eigenvalue weighted by molar-refractivity contribution is 9.10. The van der Waals surface area contributed by atoms with Crippen LogP contribution in [0.2, 0.25) is 0 Å². The van der Waals surface area contributed by atoms with Crippen molar-refractivity contribution >= 4 is 38.6 Å². The van der Waals surface area contributed by atoms with Crippen molar-refractivity contribution in [3.8, 4) is 9.88 Å². The second kappa shape index (κ2) is 6.58. The van der Waals surface area contributed by atoms with Crippen molar-refractivity contribution in [1.29, 1.82) is 0 Å². The molecule has 0 saturated heterocycles. The molecule has 0 bridgehead atoms. The first kappa shape index (κ1) is 13.1. The van der Waals surface area contributed by atoms with Crippen LogP contribution in [0.15, 0.2) is 15.9 Å². The zero-order chi connectivity index (χ0) is 12.1. The zero-order valence-corrected chi connectivity index (χ0v) is 12.8. The predicted octanol–water partition coefficient (Wildman–Crippen LogP) is 3.57. The molecule has 92 valence electrons. The highest BCUT2D eigenvalue weighted by Crippen LogP contribution is 2.35. The molecule has 0 atom stereocenters. The molecule has 2 aromatic heterocycles. The Bertz CT molecular complexity index is 467. The van der Waals surface area contributed by atoms with Crippen LogP contribution in [-0.4, -0.2) is 23.3 Å². The van der Waals surface area contributed by atoms with Crippen molar-refractivity contribution in [2.75, 3.05) is 13.1 Å². The first-order chi connectivity index (χ1) is 8.31. The summed E-state index contributed by atoms with van der Waals surface area (Å²) in [5.74, 6) is 0. The lowest BCUT2D eigenvalue weighted by molar-refractivity contribution is 0.669. The molecule has 3 nitrogen and oxygen atoms in total. The SMILES string of the molecule is CCNCCCc1nnc(-c2sccc2Br)s1. The summed E-state index contributed by atoms with van der Waals surface area (Å²) in [7, 11) is 0. The van der Waals surface area contributed by atoms with Gasteiger partial charge in [0.05, 0.1) is 4.88 Å². The van der Waals surface area contributed by atoms with Crippen molar-refractivity contribution in [1.82, 2.24) is 15.5 Å². The highest BCUT2D eigenvalue weighted by Gasteiger charge is 2.10. The van der Waals surface area contributed by atoms with Crippen LogP contribution in [0.5, 0.6) is 0 Å². The fourth-order valence-electron chi connectivity index (χ4n) is 1.43. The van der Waals surface area contributed by atoms with Crippen molar-refractivity contribution in [3.63, 3.8) is 0 Å². The van der Waals surface area contributed by atoms with Gasteiger partial charge in [-0.05, 0) is 46.9 Å². The molecule has 6 heteroatoms. The minimum atomic E-state index is 1.01. The quantitative estimate of drug-likeness (QED) is 0.822. The average molecular weight is 332 g/mol. The Kier molecular flexibility index (Phi) is 5.09. The zero-order valence-electron chi connectivity index (χ0n) is 9.57. The molecule has 0 radical (unpaired) electrons. The van der Waals surface area contributed by atoms with Crippen molar-refractivity contribution in [2.24, 2.45) is 0 Å². The molecular weight excluding hydrogens is 318 g/mol. The van der Waals surface area contributed by atoms with Crippen molar-refractivity contribution < 1.29 is 0 Å². The summed E-state index contributed by atoms with van der Waals surface area (Å²) in [5, 5.41) is 16.0. The summed E-state index contributed by atoms with van der Waals surface area (Å²) in [5.41, 5.74) is 0. The summed E-state index contributed by atoms with van der Waals surface area (Å²) < 4.78 is 1.11. The number of hydrogen-bond donors (Lipinski definition) is 1. The van der Waals surface area contributed by atoms with E-state index < -0.39 is 0 Å². The van der Waals surface area contributed by atoms with E-state index in [2.05, 4.69) is 43.7 Å². The molecule has 0 amide bonds. The van der Waals surface area contributed by atoms with Gasteiger partial charge in [0.25, 0.3) is 0 Å². The molecule has 0 fully saturated rings. The predicted molar refractivity (Wildman–Crippen MR) is 77.8 cm³/mol. The van der Waals surface area contributed by atoms with Crippen LogP contribution in [0.25, 0.3) is 9.88 Å². The number of aryl methyl sites for hydroxylation is 1. The largest absolute Gasteiger partial charge is 0.317 e. The van der Waals surface area contributed by atoms with Gasteiger partial charge < -0.3 is 5.32 Å². The molecule has 0 aromatic carbocycles. The van der Waals surface area contributed by atoms with E-state index in [1.54, 1.807) is 22.7 Å². The lowest BCUT2D eigenvalue weighted by Gasteiger charge is -1.97. The first-order valence-corrected chi connectivity index (χ1v) is 8.06. The van der Waals surface area contributed by atoms with Gasteiger partial charge in [0.2, 0.25) is 0 Å². The Hall–Kier alpha value is -0.300. The third-order valence-electron chi connectivity index (χ3n) is 2.27. The molecule has 17 heavy (non-hydrogen) atoms. The van der Waals surface area contributed by atoms with Gasteiger partial charge in [-0.15, -0.1) is 21.5 Å². The van der Waals surface area contributed by atoms with E-state index in [4.69, 9.17) is 0 Å². The van der Waals surface area contributed by atoms with Crippen LogP contribution in [0, 0.1) is 0 Å². The molecule has 0 spiro atoms. The monoisotopic (exact) mass is 331 g/mol. The van der Waals surface area contributed by atoms with E-state index in [9.17, 15) is 0 Å². The van der Waals surface area contributed by atoms with E-state index in [1.165, 1.54) is 4.88 Å².